The van der Waals surface area contributed by atoms with Crippen LogP contribution in [0.4, 0.5) is 9.52 Å². The Bertz CT molecular complexity index is 1100. The van der Waals surface area contributed by atoms with E-state index in [1.807, 2.05) is 30.3 Å². The van der Waals surface area contributed by atoms with E-state index in [1.165, 1.54) is 30.2 Å². The number of fused-ring (bicyclic) bond motifs is 1. The minimum Gasteiger partial charge on any atom is -0.472 e. The molecule has 1 saturated heterocycles. The first-order valence-corrected chi connectivity index (χ1v) is 10.8. The van der Waals surface area contributed by atoms with Crippen molar-refractivity contribution in [3.05, 3.63) is 59.4 Å². The molecule has 2 heterocycles. The number of carbonyl (C=O) groups is 1. The summed E-state index contributed by atoms with van der Waals surface area (Å²) in [6.45, 7) is 4.64. The summed E-state index contributed by atoms with van der Waals surface area (Å²) in [6, 6.07) is 12.5. The maximum atomic E-state index is 14.2. The monoisotopic (exact) mass is 423 g/mol. The predicted octanol–water partition coefficient (Wildman–Crippen LogP) is 3.97. The topological polar surface area (TPSA) is 56.7 Å². The number of carboxylic acids is 1. The number of halogens is 1. The quantitative estimate of drug-likeness (QED) is 0.608. The third-order valence-electron chi connectivity index (χ3n) is 5.15. The van der Waals surface area contributed by atoms with Gasteiger partial charge < -0.3 is 14.9 Å². The van der Waals surface area contributed by atoms with E-state index in [0.29, 0.717) is 22.3 Å². The molecule has 0 saturated carbocycles. The molecule has 4 rings (SSSR count). The molecule has 1 aromatic heterocycles. The Balaban J connectivity index is 1.55. The average Bonchev–Trinajstić information content (AvgIpc) is 3.41. The molecule has 1 fully saturated rings. The van der Waals surface area contributed by atoms with E-state index in [-0.39, 0.29) is 5.82 Å². The highest BCUT2D eigenvalue weighted by molar-refractivity contribution is 7.22. The third-order valence-corrected chi connectivity index (χ3v) is 6.29. The first-order chi connectivity index (χ1) is 14.6. The van der Waals surface area contributed by atoms with Gasteiger partial charge >= 0.3 is 5.97 Å². The zero-order valence-electron chi connectivity index (χ0n) is 16.5. The lowest BCUT2D eigenvalue weighted by molar-refractivity contribution is -0.130. The Kier molecular flexibility index (Phi) is 6.26. The van der Waals surface area contributed by atoms with E-state index in [1.54, 1.807) is 6.07 Å². The second kappa shape index (κ2) is 9.24. The fourth-order valence-corrected chi connectivity index (χ4v) is 4.58. The van der Waals surface area contributed by atoms with Gasteiger partial charge in [-0.1, -0.05) is 35.5 Å². The van der Waals surface area contributed by atoms with E-state index in [4.69, 9.17) is 5.11 Å². The fourth-order valence-electron chi connectivity index (χ4n) is 3.59. The Morgan fingerprint density at radius 2 is 1.97 bits per heavy atom. The summed E-state index contributed by atoms with van der Waals surface area (Å²) in [5.74, 6) is 3.37. The number of aliphatic carboxylic acids is 1. The fraction of sp³-hybridized carbons (Fsp3) is 0.304. The van der Waals surface area contributed by atoms with Crippen LogP contribution in [0.15, 0.2) is 42.5 Å². The maximum Gasteiger partial charge on any atom is 0.382 e. The summed E-state index contributed by atoms with van der Waals surface area (Å²) in [6.07, 6.45) is 2.48. The van der Waals surface area contributed by atoms with Crippen molar-refractivity contribution in [1.29, 1.82) is 0 Å². The number of aromatic nitrogens is 1. The summed E-state index contributed by atoms with van der Waals surface area (Å²) in [4.78, 5) is 19.9. The summed E-state index contributed by atoms with van der Waals surface area (Å²) >= 11 is 1.38. The predicted molar refractivity (Wildman–Crippen MR) is 117 cm³/mol. The Morgan fingerprint density at radius 1 is 1.20 bits per heavy atom. The summed E-state index contributed by atoms with van der Waals surface area (Å²) < 4.78 is 14.8. The number of anilines is 1. The number of hydrogen-bond acceptors (Lipinski definition) is 5. The lowest BCUT2D eigenvalue weighted by Crippen LogP contribution is -2.33. The largest absolute Gasteiger partial charge is 0.472 e. The number of rotatable bonds is 6. The van der Waals surface area contributed by atoms with Gasteiger partial charge in [0.2, 0.25) is 0 Å². The van der Waals surface area contributed by atoms with E-state index in [9.17, 15) is 9.18 Å². The molecule has 0 amide bonds. The minimum absolute atomic E-state index is 0.239. The summed E-state index contributed by atoms with van der Waals surface area (Å²) in [5, 5.41) is 9.50. The van der Waals surface area contributed by atoms with Crippen molar-refractivity contribution in [2.75, 3.05) is 31.1 Å². The zero-order chi connectivity index (χ0) is 20.9. The molecule has 0 atom stereocenters. The standard InChI is InChI=1S/C23H22FN3O2S/c24-19-4-3-5-20-22(19)30-23(25-20)27(15-14-26-12-1-2-13-26)16-18-8-6-17(7-9-18)10-11-21(28)29/h3-9H,1-2,12-16H2,(H,28,29). The van der Waals surface area contributed by atoms with E-state index < -0.39 is 5.97 Å². The molecule has 0 bridgehead atoms. The number of likely N-dealkylation sites (tertiary alicyclic amines) is 1. The molecule has 1 aliphatic heterocycles. The molecular formula is C23H22FN3O2S. The van der Waals surface area contributed by atoms with Crippen LogP contribution in [-0.4, -0.2) is 47.1 Å². The van der Waals surface area contributed by atoms with Crippen LogP contribution < -0.4 is 4.90 Å². The van der Waals surface area contributed by atoms with Gasteiger partial charge in [-0.2, -0.15) is 0 Å². The van der Waals surface area contributed by atoms with Gasteiger partial charge in [-0.3, -0.25) is 0 Å². The van der Waals surface area contributed by atoms with Crippen LogP contribution in [0.25, 0.3) is 10.2 Å². The minimum atomic E-state index is -1.14. The van der Waals surface area contributed by atoms with Crippen LogP contribution in [0, 0.1) is 17.7 Å². The van der Waals surface area contributed by atoms with Crippen LogP contribution in [0.1, 0.15) is 24.0 Å². The second-order valence-corrected chi connectivity index (χ2v) is 8.28. The van der Waals surface area contributed by atoms with E-state index in [2.05, 4.69) is 26.6 Å². The molecule has 30 heavy (non-hydrogen) atoms. The van der Waals surface area contributed by atoms with Crippen LogP contribution in [0.3, 0.4) is 0 Å². The molecule has 0 spiro atoms. The first kappa shape index (κ1) is 20.3. The normalized spacial score (nSPS) is 13.9. The number of hydrogen-bond donors (Lipinski definition) is 1. The summed E-state index contributed by atoms with van der Waals surface area (Å²) in [5.41, 5.74) is 2.41. The number of thiazole rings is 1. The van der Waals surface area contributed by atoms with Crippen molar-refractivity contribution in [3.8, 4) is 11.8 Å². The Labute approximate surface area is 178 Å². The molecule has 1 N–H and O–H groups in total. The van der Waals surface area contributed by atoms with Gasteiger partial charge in [0.15, 0.2) is 5.13 Å². The van der Waals surface area contributed by atoms with Crippen molar-refractivity contribution in [2.24, 2.45) is 0 Å². The smallest absolute Gasteiger partial charge is 0.382 e. The van der Waals surface area contributed by atoms with Crippen LogP contribution >= 0.6 is 11.3 Å². The van der Waals surface area contributed by atoms with Gasteiger partial charge in [-0.15, -0.1) is 0 Å². The lowest BCUT2D eigenvalue weighted by atomic mass is 10.1. The Hall–Kier alpha value is -2.95. The van der Waals surface area contributed by atoms with Gasteiger partial charge in [0.25, 0.3) is 0 Å². The third kappa shape index (κ3) is 4.96. The molecule has 5 nitrogen and oxygen atoms in total. The number of carboxylic acid groups (broad SMARTS) is 1. The SMILES string of the molecule is O=C(O)C#Cc1ccc(CN(CCN2CCCC2)c2nc3cccc(F)c3s2)cc1. The zero-order valence-corrected chi connectivity index (χ0v) is 17.3. The Morgan fingerprint density at radius 3 is 2.67 bits per heavy atom. The number of nitrogens with zero attached hydrogens (tertiary/aromatic N) is 3. The van der Waals surface area contributed by atoms with Crippen molar-refractivity contribution in [3.63, 3.8) is 0 Å². The van der Waals surface area contributed by atoms with Gasteiger partial charge in [-0.25, -0.2) is 14.2 Å². The van der Waals surface area contributed by atoms with Gasteiger partial charge in [0.05, 0.1) is 10.2 Å². The van der Waals surface area contributed by atoms with Crippen molar-refractivity contribution >= 4 is 32.7 Å². The lowest BCUT2D eigenvalue weighted by Gasteiger charge is -2.25. The van der Waals surface area contributed by atoms with Gasteiger partial charge in [0, 0.05) is 31.1 Å². The molecule has 2 aromatic carbocycles. The maximum absolute atomic E-state index is 14.2. The molecule has 154 valence electrons. The van der Waals surface area contributed by atoms with Crippen molar-refractivity contribution in [1.82, 2.24) is 9.88 Å². The van der Waals surface area contributed by atoms with Crippen LogP contribution in [0.2, 0.25) is 0 Å². The molecule has 0 radical (unpaired) electrons. The summed E-state index contributed by atoms with van der Waals surface area (Å²) in [7, 11) is 0. The first-order valence-electron chi connectivity index (χ1n) is 9.95. The molecule has 3 aromatic rings. The van der Waals surface area contributed by atoms with Gasteiger partial charge in [-0.05, 0) is 55.8 Å². The highest BCUT2D eigenvalue weighted by Gasteiger charge is 2.18. The molecular weight excluding hydrogens is 401 g/mol. The molecule has 7 heteroatoms. The highest BCUT2D eigenvalue weighted by Crippen LogP contribution is 2.31. The van der Waals surface area contributed by atoms with Crippen LogP contribution in [-0.2, 0) is 11.3 Å². The van der Waals surface area contributed by atoms with Crippen LogP contribution in [0.5, 0.6) is 0 Å². The van der Waals surface area contributed by atoms with Crippen molar-refractivity contribution < 1.29 is 14.3 Å². The highest BCUT2D eigenvalue weighted by atomic mass is 32.1. The number of benzene rings is 2. The van der Waals surface area contributed by atoms with Crippen molar-refractivity contribution in [2.45, 2.75) is 19.4 Å². The van der Waals surface area contributed by atoms with E-state index >= 15 is 0 Å². The molecule has 0 unspecified atom stereocenters. The second-order valence-electron chi connectivity index (χ2n) is 7.31. The van der Waals surface area contributed by atoms with Gasteiger partial charge in [0.1, 0.15) is 5.82 Å². The average molecular weight is 424 g/mol. The molecule has 1 aliphatic rings. The molecule has 0 aliphatic carbocycles. The van der Waals surface area contributed by atoms with E-state index in [0.717, 1.165) is 36.9 Å².